The molecule has 0 atom stereocenters. The van der Waals surface area contributed by atoms with Gasteiger partial charge in [-0.2, -0.15) is 0 Å². The van der Waals surface area contributed by atoms with Crippen molar-refractivity contribution in [3.8, 4) is 17.2 Å². The monoisotopic (exact) mass is 481 g/mol. The smallest absolute Gasteiger partial charge is 0.305 e. The summed E-state index contributed by atoms with van der Waals surface area (Å²) in [5, 5.41) is 0. The zero-order chi connectivity index (χ0) is 23.5. The van der Waals surface area contributed by atoms with Crippen LogP contribution in [0.3, 0.4) is 0 Å². The van der Waals surface area contributed by atoms with E-state index in [1.54, 1.807) is 6.07 Å². The van der Waals surface area contributed by atoms with Gasteiger partial charge in [-0.3, -0.25) is 4.79 Å². The summed E-state index contributed by atoms with van der Waals surface area (Å²) in [6.07, 6.45) is 2.70. The molecule has 0 aromatic heterocycles. The summed E-state index contributed by atoms with van der Waals surface area (Å²) in [4.78, 5) is 11.9. The lowest BCUT2D eigenvalue weighted by atomic mass is 10.2. The summed E-state index contributed by atoms with van der Waals surface area (Å²) >= 11 is 0. The number of rotatable bonds is 13. The van der Waals surface area contributed by atoms with E-state index in [4.69, 9.17) is 18.9 Å². The molecule has 0 fully saturated rings. The average molecular weight is 482 g/mol. The molecule has 0 saturated heterocycles. The number of nitrogens with one attached hydrogen (secondary N) is 1. The molecular formula is C23H28FNO7S. The normalized spacial score (nSPS) is 12.9. The Morgan fingerprint density at radius 3 is 2.48 bits per heavy atom. The number of benzene rings is 2. The quantitative estimate of drug-likeness (QED) is 0.345. The van der Waals surface area contributed by atoms with Gasteiger partial charge in [-0.1, -0.05) is 6.42 Å². The van der Waals surface area contributed by atoms with Crippen molar-refractivity contribution in [2.24, 2.45) is 0 Å². The number of hydrogen-bond donors (Lipinski definition) is 1. The van der Waals surface area contributed by atoms with Crippen molar-refractivity contribution in [1.82, 2.24) is 4.72 Å². The molecule has 2 aromatic rings. The summed E-state index contributed by atoms with van der Waals surface area (Å²) in [6, 6.07) is 10.2. The van der Waals surface area contributed by atoms with Gasteiger partial charge in [0.25, 0.3) is 0 Å². The molecule has 2 aromatic carbocycles. The highest BCUT2D eigenvalue weighted by Gasteiger charge is 2.18. The number of fused-ring (bicyclic) bond motifs is 1. The highest BCUT2D eigenvalue weighted by atomic mass is 32.2. The Bertz CT molecular complexity index is 1010. The van der Waals surface area contributed by atoms with E-state index in [1.165, 1.54) is 36.4 Å². The fourth-order valence-corrected chi connectivity index (χ4v) is 4.18. The van der Waals surface area contributed by atoms with Crippen LogP contribution in [0.2, 0.25) is 0 Å². The Kier molecular flexibility index (Phi) is 9.32. The van der Waals surface area contributed by atoms with E-state index in [0.29, 0.717) is 62.8 Å². The lowest BCUT2D eigenvalue weighted by Crippen LogP contribution is -2.25. The molecule has 0 bridgehead atoms. The summed E-state index contributed by atoms with van der Waals surface area (Å²) in [6.45, 7) is 1.71. The Morgan fingerprint density at radius 2 is 1.70 bits per heavy atom. The summed E-state index contributed by atoms with van der Waals surface area (Å²) in [7, 11) is -3.64. The summed E-state index contributed by atoms with van der Waals surface area (Å²) in [5.41, 5.74) is 0. The van der Waals surface area contributed by atoms with Gasteiger partial charge < -0.3 is 18.9 Å². The summed E-state index contributed by atoms with van der Waals surface area (Å²) < 4.78 is 61.6. The lowest BCUT2D eigenvalue weighted by molar-refractivity contribution is -0.144. The average Bonchev–Trinajstić information content (AvgIpc) is 2.82. The SMILES string of the molecule is O=C(CCCCCNS(=O)(=O)c1ccc2c(c1)OCCO2)OCCCOc1ccc(F)cc1. The largest absolute Gasteiger partial charge is 0.493 e. The van der Waals surface area contributed by atoms with Crippen molar-refractivity contribution in [2.75, 3.05) is 33.0 Å². The van der Waals surface area contributed by atoms with Crippen LogP contribution in [0.25, 0.3) is 0 Å². The van der Waals surface area contributed by atoms with Gasteiger partial charge in [-0.25, -0.2) is 17.5 Å². The van der Waals surface area contributed by atoms with Gasteiger partial charge in [0.1, 0.15) is 24.8 Å². The van der Waals surface area contributed by atoms with E-state index in [1.807, 2.05) is 0 Å². The first-order valence-electron chi connectivity index (χ1n) is 10.9. The number of esters is 1. The van der Waals surface area contributed by atoms with Crippen LogP contribution in [0.5, 0.6) is 17.2 Å². The molecule has 0 saturated carbocycles. The van der Waals surface area contributed by atoms with Gasteiger partial charge in [0.15, 0.2) is 11.5 Å². The van der Waals surface area contributed by atoms with Crippen molar-refractivity contribution in [1.29, 1.82) is 0 Å². The van der Waals surface area contributed by atoms with Crippen molar-refractivity contribution in [3.63, 3.8) is 0 Å². The molecule has 1 aliphatic rings. The van der Waals surface area contributed by atoms with E-state index in [0.717, 1.165) is 0 Å². The Labute approximate surface area is 193 Å². The Balaban J connectivity index is 1.23. The van der Waals surface area contributed by atoms with Crippen LogP contribution in [0.1, 0.15) is 32.1 Å². The van der Waals surface area contributed by atoms with Gasteiger partial charge in [0.05, 0.1) is 18.1 Å². The minimum Gasteiger partial charge on any atom is -0.493 e. The van der Waals surface area contributed by atoms with Gasteiger partial charge in [0.2, 0.25) is 10.0 Å². The molecule has 1 heterocycles. The highest BCUT2D eigenvalue weighted by molar-refractivity contribution is 7.89. The molecule has 1 aliphatic heterocycles. The molecule has 3 rings (SSSR count). The molecular weight excluding hydrogens is 453 g/mol. The van der Waals surface area contributed by atoms with Crippen LogP contribution >= 0.6 is 0 Å². The second-order valence-corrected chi connectivity index (χ2v) is 9.16. The number of carbonyl (C=O) groups excluding carboxylic acids is 1. The molecule has 10 heteroatoms. The number of halogens is 1. The topological polar surface area (TPSA) is 100 Å². The maximum absolute atomic E-state index is 12.8. The second-order valence-electron chi connectivity index (χ2n) is 7.39. The first kappa shape index (κ1) is 24.8. The Morgan fingerprint density at radius 1 is 0.939 bits per heavy atom. The maximum Gasteiger partial charge on any atom is 0.305 e. The molecule has 33 heavy (non-hydrogen) atoms. The number of sulfonamides is 1. The van der Waals surface area contributed by atoms with Crippen molar-refractivity contribution in [3.05, 3.63) is 48.3 Å². The minimum absolute atomic E-state index is 0.124. The van der Waals surface area contributed by atoms with E-state index < -0.39 is 10.0 Å². The van der Waals surface area contributed by atoms with Crippen LogP contribution in [0.4, 0.5) is 4.39 Å². The molecule has 0 spiro atoms. The van der Waals surface area contributed by atoms with E-state index in [9.17, 15) is 17.6 Å². The molecule has 0 amide bonds. The van der Waals surface area contributed by atoms with Gasteiger partial charge in [0, 0.05) is 25.5 Å². The minimum atomic E-state index is -3.64. The number of ether oxygens (including phenoxy) is 4. The number of unbranched alkanes of at least 4 members (excludes halogenated alkanes) is 2. The van der Waals surface area contributed by atoms with Crippen LogP contribution < -0.4 is 18.9 Å². The van der Waals surface area contributed by atoms with E-state index in [2.05, 4.69) is 4.72 Å². The third kappa shape index (κ3) is 8.21. The molecule has 0 radical (unpaired) electrons. The molecule has 0 unspecified atom stereocenters. The summed E-state index contributed by atoms with van der Waals surface area (Å²) in [5.74, 6) is 0.895. The predicted octanol–water partition coefficient (Wildman–Crippen LogP) is 3.45. The molecule has 0 aliphatic carbocycles. The molecule has 8 nitrogen and oxygen atoms in total. The first-order valence-corrected chi connectivity index (χ1v) is 12.4. The standard InChI is InChI=1S/C23H28FNO7S/c24-18-6-8-19(9-7-18)29-13-4-14-32-23(26)5-2-1-3-12-25-33(27,28)20-10-11-21-22(17-20)31-16-15-30-21/h6-11,17,25H,1-5,12-16H2. The van der Waals surface area contributed by atoms with Gasteiger partial charge in [-0.15, -0.1) is 0 Å². The number of hydrogen-bond acceptors (Lipinski definition) is 7. The fraction of sp³-hybridized carbons (Fsp3) is 0.435. The van der Waals surface area contributed by atoms with Gasteiger partial charge in [-0.05, 0) is 49.2 Å². The van der Waals surface area contributed by atoms with Crippen molar-refractivity contribution >= 4 is 16.0 Å². The van der Waals surface area contributed by atoms with Crippen LogP contribution in [0, 0.1) is 5.82 Å². The van der Waals surface area contributed by atoms with Crippen molar-refractivity contribution in [2.45, 2.75) is 37.0 Å². The highest BCUT2D eigenvalue weighted by Crippen LogP contribution is 2.32. The fourth-order valence-electron chi connectivity index (χ4n) is 3.09. The molecule has 1 N–H and O–H groups in total. The van der Waals surface area contributed by atoms with E-state index >= 15 is 0 Å². The maximum atomic E-state index is 12.8. The third-order valence-electron chi connectivity index (χ3n) is 4.81. The van der Waals surface area contributed by atoms with Crippen LogP contribution in [-0.4, -0.2) is 47.4 Å². The predicted molar refractivity (Wildman–Crippen MR) is 119 cm³/mol. The van der Waals surface area contributed by atoms with E-state index in [-0.39, 0.29) is 36.3 Å². The van der Waals surface area contributed by atoms with Crippen molar-refractivity contribution < 1.29 is 36.6 Å². The van der Waals surface area contributed by atoms with Crippen LogP contribution in [-0.2, 0) is 19.6 Å². The van der Waals surface area contributed by atoms with Gasteiger partial charge >= 0.3 is 5.97 Å². The molecule has 180 valence electrons. The lowest BCUT2D eigenvalue weighted by Gasteiger charge is -2.18. The first-order chi connectivity index (χ1) is 15.9. The van der Waals surface area contributed by atoms with Crippen LogP contribution in [0.15, 0.2) is 47.4 Å². The third-order valence-corrected chi connectivity index (χ3v) is 6.27. The zero-order valence-electron chi connectivity index (χ0n) is 18.3. The Hall–Kier alpha value is -2.85. The second kappa shape index (κ2) is 12.4. The zero-order valence-corrected chi connectivity index (χ0v) is 19.1. The number of carbonyl (C=O) groups is 1.